The summed E-state index contributed by atoms with van der Waals surface area (Å²) in [4.78, 5) is 37.8. The van der Waals surface area contributed by atoms with Crippen molar-refractivity contribution in [1.82, 2.24) is 9.88 Å². The summed E-state index contributed by atoms with van der Waals surface area (Å²) in [5.41, 5.74) is 3.27. The number of thiocarbonyl (C=S) groups is 1. The zero-order valence-electron chi connectivity index (χ0n) is 17.2. The topological polar surface area (TPSA) is 97.5 Å². The number of nitrogens with one attached hydrogen (secondary N) is 1. The maximum atomic E-state index is 13.2. The fourth-order valence-electron chi connectivity index (χ4n) is 3.70. The van der Waals surface area contributed by atoms with E-state index in [1.54, 1.807) is 36.4 Å². The summed E-state index contributed by atoms with van der Waals surface area (Å²) in [6.45, 7) is 3.67. The molecule has 0 radical (unpaired) electrons. The minimum atomic E-state index is -0.577. The quantitative estimate of drug-likeness (QED) is 0.216. The van der Waals surface area contributed by atoms with Crippen molar-refractivity contribution in [1.29, 1.82) is 0 Å². The first-order valence-corrected chi connectivity index (χ1v) is 10.1. The van der Waals surface area contributed by atoms with Crippen molar-refractivity contribution >= 4 is 46.6 Å². The lowest BCUT2D eigenvalue weighted by atomic mass is 10.1. The second-order valence-corrected chi connectivity index (χ2v) is 7.62. The normalized spacial score (nSPS) is 15.2. The van der Waals surface area contributed by atoms with Gasteiger partial charge in [-0.25, -0.2) is 0 Å². The number of aromatic nitrogens is 1. The number of non-ortho nitro benzene ring substituents is 1. The van der Waals surface area contributed by atoms with Gasteiger partial charge in [0.15, 0.2) is 5.11 Å². The number of aryl methyl sites for hydroxylation is 1. The zero-order valence-corrected chi connectivity index (χ0v) is 18.1. The number of para-hydroxylation sites is 1. The molecule has 2 amide bonds. The van der Waals surface area contributed by atoms with Crippen molar-refractivity contribution < 1.29 is 14.5 Å². The van der Waals surface area contributed by atoms with Gasteiger partial charge in [-0.1, -0.05) is 24.3 Å². The molecule has 1 saturated heterocycles. The predicted molar refractivity (Wildman–Crippen MR) is 125 cm³/mol. The Hall–Kier alpha value is -4.11. The first kappa shape index (κ1) is 21.1. The minimum absolute atomic E-state index is 0.0189. The standard InChI is InChI=1S/C23H18N4O4S/c1-14-11-16(15(2)25(14)18-9-6-10-19(13-18)27(30)31)12-20-21(28)24-23(32)26(22(20)29)17-7-4-3-5-8-17/h3-13H,1-2H3,(H,24,28,32). The summed E-state index contributed by atoms with van der Waals surface area (Å²) in [5.74, 6) is -1.10. The number of nitrogens with zero attached hydrogens (tertiary/aromatic N) is 3. The van der Waals surface area contributed by atoms with Crippen LogP contribution in [0.4, 0.5) is 11.4 Å². The lowest BCUT2D eigenvalue weighted by molar-refractivity contribution is -0.384. The number of carbonyl (C=O) groups excluding carboxylic acids is 2. The summed E-state index contributed by atoms with van der Waals surface area (Å²) in [7, 11) is 0. The highest BCUT2D eigenvalue weighted by Gasteiger charge is 2.34. The number of rotatable bonds is 4. The van der Waals surface area contributed by atoms with Gasteiger partial charge in [-0.05, 0) is 62.0 Å². The molecule has 8 nitrogen and oxygen atoms in total. The SMILES string of the molecule is Cc1cc(C=C2C(=O)NC(=S)N(c3ccccc3)C2=O)c(C)n1-c1cccc([N+](=O)[O-])c1. The van der Waals surface area contributed by atoms with Gasteiger partial charge < -0.3 is 4.57 Å². The van der Waals surface area contributed by atoms with Crippen LogP contribution in [-0.4, -0.2) is 26.4 Å². The Morgan fingerprint density at radius 3 is 2.38 bits per heavy atom. The molecule has 3 aromatic rings. The molecule has 1 N–H and O–H groups in total. The molecule has 1 fully saturated rings. The van der Waals surface area contributed by atoms with E-state index in [2.05, 4.69) is 5.32 Å². The first-order chi connectivity index (χ1) is 15.3. The maximum absolute atomic E-state index is 13.2. The van der Waals surface area contributed by atoms with Gasteiger partial charge in [-0.3, -0.25) is 29.9 Å². The molecule has 0 bridgehead atoms. The van der Waals surface area contributed by atoms with Crippen LogP contribution >= 0.6 is 12.2 Å². The molecule has 0 saturated carbocycles. The van der Waals surface area contributed by atoms with Gasteiger partial charge in [-0.15, -0.1) is 0 Å². The van der Waals surface area contributed by atoms with Crippen LogP contribution in [0.3, 0.4) is 0 Å². The van der Waals surface area contributed by atoms with Crippen LogP contribution in [0, 0.1) is 24.0 Å². The van der Waals surface area contributed by atoms with E-state index in [0.717, 1.165) is 11.4 Å². The maximum Gasteiger partial charge on any atom is 0.271 e. The van der Waals surface area contributed by atoms with E-state index in [1.165, 1.54) is 23.1 Å². The largest absolute Gasteiger partial charge is 0.318 e. The van der Waals surface area contributed by atoms with E-state index < -0.39 is 16.7 Å². The van der Waals surface area contributed by atoms with E-state index in [9.17, 15) is 19.7 Å². The van der Waals surface area contributed by atoms with Crippen molar-refractivity contribution in [2.24, 2.45) is 0 Å². The fourth-order valence-corrected chi connectivity index (χ4v) is 3.98. The average Bonchev–Trinajstić information content (AvgIpc) is 3.04. The van der Waals surface area contributed by atoms with Crippen LogP contribution in [0.2, 0.25) is 0 Å². The number of hydrogen-bond donors (Lipinski definition) is 1. The average molecular weight is 446 g/mol. The number of amides is 2. The van der Waals surface area contributed by atoms with Gasteiger partial charge in [0.1, 0.15) is 5.57 Å². The number of carbonyl (C=O) groups is 2. The molecular formula is C23H18N4O4S. The molecule has 0 atom stereocenters. The highest BCUT2D eigenvalue weighted by molar-refractivity contribution is 7.80. The van der Waals surface area contributed by atoms with Crippen LogP contribution in [0.15, 0.2) is 66.2 Å². The lowest BCUT2D eigenvalue weighted by Crippen LogP contribution is -2.54. The van der Waals surface area contributed by atoms with Crippen LogP contribution in [0.5, 0.6) is 0 Å². The monoisotopic (exact) mass is 446 g/mol. The Balaban J connectivity index is 1.77. The predicted octanol–water partition coefficient (Wildman–Crippen LogP) is 3.83. The zero-order chi connectivity index (χ0) is 23.0. The van der Waals surface area contributed by atoms with Crippen molar-refractivity contribution in [2.75, 3.05) is 4.90 Å². The molecule has 0 unspecified atom stereocenters. The third-order valence-corrected chi connectivity index (χ3v) is 5.47. The van der Waals surface area contributed by atoms with Gasteiger partial charge in [0.05, 0.1) is 16.3 Å². The number of anilines is 1. The third-order valence-electron chi connectivity index (χ3n) is 5.18. The minimum Gasteiger partial charge on any atom is -0.318 e. The van der Waals surface area contributed by atoms with Crippen molar-refractivity contribution in [3.63, 3.8) is 0 Å². The molecule has 1 aliphatic rings. The highest BCUT2D eigenvalue weighted by Crippen LogP contribution is 2.27. The summed E-state index contributed by atoms with van der Waals surface area (Å²) < 4.78 is 1.84. The fraction of sp³-hybridized carbons (Fsp3) is 0.0870. The summed E-state index contributed by atoms with van der Waals surface area (Å²) in [6, 6.07) is 16.9. The lowest BCUT2D eigenvalue weighted by Gasteiger charge is -2.28. The first-order valence-electron chi connectivity index (χ1n) is 9.68. The summed E-state index contributed by atoms with van der Waals surface area (Å²) >= 11 is 5.22. The van der Waals surface area contributed by atoms with Gasteiger partial charge >= 0.3 is 0 Å². The molecule has 32 heavy (non-hydrogen) atoms. The van der Waals surface area contributed by atoms with Crippen molar-refractivity contribution in [3.05, 3.63) is 93.3 Å². The van der Waals surface area contributed by atoms with Gasteiger partial charge in [-0.2, -0.15) is 0 Å². The number of hydrogen-bond acceptors (Lipinski definition) is 5. The Bertz CT molecular complexity index is 1310. The smallest absolute Gasteiger partial charge is 0.271 e. The van der Waals surface area contributed by atoms with Crippen LogP contribution < -0.4 is 10.2 Å². The molecule has 9 heteroatoms. The molecule has 1 aliphatic heterocycles. The van der Waals surface area contributed by atoms with E-state index >= 15 is 0 Å². The molecule has 0 aliphatic carbocycles. The molecule has 2 heterocycles. The van der Waals surface area contributed by atoms with E-state index in [4.69, 9.17) is 12.2 Å². The van der Waals surface area contributed by atoms with Gasteiger partial charge in [0.2, 0.25) is 0 Å². The van der Waals surface area contributed by atoms with Gasteiger partial charge in [0, 0.05) is 23.5 Å². The number of nitro groups is 1. The second-order valence-electron chi connectivity index (χ2n) is 7.23. The van der Waals surface area contributed by atoms with Crippen LogP contribution in [0.1, 0.15) is 17.0 Å². The molecule has 2 aromatic carbocycles. The number of benzene rings is 2. The van der Waals surface area contributed by atoms with E-state index in [-0.39, 0.29) is 16.4 Å². The molecule has 160 valence electrons. The Morgan fingerprint density at radius 1 is 1.00 bits per heavy atom. The molecule has 4 rings (SSSR count). The second kappa shape index (κ2) is 8.20. The van der Waals surface area contributed by atoms with Gasteiger partial charge in [0.25, 0.3) is 17.5 Å². The Morgan fingerprint density at radius 2 is 1.69 bits per heavy atom. The molecular weight excluding hydrogens is 428 g/mol. The van der Waals surface area contributed by atoms with Crippen molar-refractivity contribution in [3.8, 4) is 5.69 Å². The van der Waals surface area contributed by atoms with Crippen LogP contribution in [-0.2, 0) is 9.59 Å². The summed E-state index contributed by atoms with van der Waals surface area (Å²) in [5, 5.41) is 13.7. The molecule has 0 spiro atoms. The van der Waals surface area contributed by atoms with Crippen molar-refractivity contribution in [2.45, 2.75) is 13.8 Å². The van der Waals surface area contributed by atoms with E-state index in [1.807, 2.05) is 30.5 Å². The third kappa shape index (κ3) is 3.69. The van der Waals surface area contributed by atoms with Crippen LogP contribution in [0.25, 0.3) is 11.8 Å². The Labute approximate surface area is 188 Å². The summed E-state index contributed by atoms with van der Waals surface area (Å²) in [6.07, 6.45) is 1.52. The Kier molecular flexibility index (Phi) is 5.41. The highest BCUT2D eigenvalue weighted by atomic mass is 32.1. The molecule has 1 aromatic heterocycles. The van der Waals surface area contributed by atoms with E-state index in [0.29, 0.717) is 16.9 Å². The number of nitro benzene ring substituents is 1.